The Morgan fingerprint density at radius 3 is 2.61 bits per heavy atom. The van der Waals surface area contributed by atoms with Crippen molar-refractivity contribution in [2.45, 2.75) is 32.4 Å². The maximum Gasteiger partial charge on any atom is 0.110 e. The molecule has 1 aromatic carbocycles. The van der Waals surface area contributed by atoms with Gasteiger partial charge in [-0.3, -0.25) is 0 Å². The number of aromatic nitrogens is 2. The van der Waals surface area contributed by atoms with E-state index in [-0.39, 0.29) is 0 Å². The van der Waals surface area contributed by atoms with E-state index in [4.69, 9.17) is 17.3 Å². The molecule has 0 spiro atoms. The van der Waals surface area contributed by atoms with Gasteiger partial charge in [0.25, 0.3) is 0 Å². The number of hydrogen-bond acceptors (Lipinski definition) is 2. The summed E-state index contributed by atoms with van der Waals surface area (Å²) >= 11 is 5.89. The van der Waals surface area contributed by atoms with Crippen LogP contribution in [0.4, 0.5) is 0 Å². The van der Waals surface area contributed by atoms with Crippen molar-refractivity contribution in [1.82, 2.24) is 9.55 Å². The average Bonchev–Trinajstić information content (AvgIpc) is 2.76. The summed E-state index contributed by atoms with van der Waals surface area (Å²) in [5.41, 5.74) is 7.03. The summed E-state index contributed by atoms with van der Waals surface area (Å²) in [5, 5.41) is 0.726. The Labute approximate surface area is 113 Å². The molecule has 0 saturated carbocycles. The van der Waals surface area contributed by atoms with Gasteiger partial charge in [-0.15, -0.1) is 0 Å². The lowest BCUT2D eigenvalue weighted by atomic mass is 9.89. The van der Waals surface area contributed by atoms with Gasteiger partial charge in [0.2, 0.25) is 0 Å². The van der Waals surface area contributed by atoms with Crippen LogP contribution in [0.1, 0.15) is 25.2 Å². The van der Waals surface area contributed by atoms with Crippen LogP contribution in [-0.2, 0) is 18.5 Å². The Hall–Kier alpha value is -1.32. The highest BCUT2D eigenvalue weighted by Gasteiger charge is 2.23. The lowest BCUT2D eigenvalue weighted by Crippen LogP contribution is -2.36. The van der Waals surface area contributed by atoms with Gasteiger partial charge in [-0.1, -0.05) is 23.7 Å². The molecule has 1 unspecified atom stereocenters. The molecule has 0 aliphatic carbocycles. The van der Waals surface area contributed by atoms with Crippen molar-refractivity contribution >= 4 is 11.6 Å². The van der Waals surface area contributed by atoms with Crippen LogP contribution in [0.5, 0.6) is 0 Å². The fourth-order valence-electron chi connectivity index (χ4n) is 2.06. The van der Waals surface area contributed by atoms with E-state index >= 15 is 0 Å². The van der Waals surface area contributed by atoms with Crippen molar-refractivity contribution in [1.29, 1.82) is 0 Å². The Morgan fingerprint density at radius 1 is 1.33 bits per heavy atom. The summed E-state index contributed by atoms with van der Waals surface area (Å²) in [6.07, 6.45) is 4.50. The number of halogens is 1. The van der Waals surface area contributed by atoms with E-state index in [2.05, 4.69) is 16.5 Å². The van der Waals surface area contributed by atoms with E-state index < -0.39 is 5.54 Å². The fourth-order valence-corrected chi connectivity index (χ4v) is 2.18. The zero-order valence-corrected chi connectivity index (χ0v) is 11.5. The molecule has 4 heteroatoms. The molecule has 0 saturated heterocycles. The van der Waals surface area contributed by atoms with Crippen LogP contribution in [0, 0.1) is 0 Å². The molecule has 0 bridgehead atoms. The van der Waals surface area contributed by atoms with Gasteiger partial charge < -0.3 is 10.3 Å². The third kappa shape index (κ3) is 2.74. The number of imidazole rings is 1. The summed E-state index contributed by atoms with van der Waals surface area (Å²) in [6.45, 7) is 5.03. The molecule has 0 aliphatic heterocycles. The van der Waals surface area contributed by atoms with Gasteiger partial charge in [0.1, 0.15) is 5.82 Å². The molecular weight excluding hydrogens is 246 g/mol. The molecule has 1 atom stereocenters. The Bertz CT molecular complexity index is 514. The zero-order valence-electron chi connectivity index (χ0n) is 10.7. The number of hydrogen-bond donors (Lipinski definition) is 1. The largest absolute Gasteiger partial charge is 0.335 e. The molecular formula is C14H18ClN3. The SMILES string of the molecule is CCn1ccnc1CC(C)(N)c1ccc(Cl)cc1. The first-order valence-corrected chi connectivity index (χ1v) is 6.45. The third-order valence-corrected chi connectivity index (χ3v) is 3.42. The summed E-state index contributed by atoms with van der Waals surface area (Å²) in [7, 11) is 0. The highest BCUT2D eigenvalue weighted by Crippen LogP contribution is 2.23. The van der Waals surface area contributed by atoms with Crippen LogP contribution in [0.3, 0.4) is 0 Å². The van der Waals surface area contributed by atoms with E-state index in [1.54, 1.807) is 0 Å². The van der Waals surface area contributed by atoms with Gasteiger partial charge in [0, 0.05) is 35.9 Å². The minimum Gasteiger partial charge on any atom is -0.335 e. The maximum absolute atomic E-state index is 6.41. The van der Waals surface area contributed by atoms with Crippen molar-refractivity contribution in [2.75, 3.05) is 0 Å². The number of rotatable bonds is 4. The fraction of sp³-hybridized carbons (Fsp3) is 0.357. The van der Waals surface area contributed by atoms with Crippen LogP contribution in [0.15, 0.2) is 36.7 Å². The zero-order chi connectivity index (χ0) is 13.2. The second-order valence-corrected chi connectivity index (χ2v) is 5.17. The molecule has 2 rings (SSSR count). The predicted octanol–water partition coefficient (Wildman–Crippen LogP) is 2.97. The van der Waals surface area contributed by atoms with Crippen molar-refractivity contribution in [3.05, 3.63) is 53.1 Å². The lowest BCUT2D eigenvalue weighted by molar-refractivity contribution is 0.465. The molecule has 0 aliphatic rings. The van der Waals surface area contributed by atoms with E-state index in [9.17, 15) is 0 Å². The van der Waals surface area contributed by atoms with Gasteiger partial charge in [0.15, 0.2) is 0 Å². The summed E-state index contributed by atoms with van der Waals surface area (Å²) in [4.78, 5) is 4.37. The topological polar surface area (TPSA) is 43.8 Å². The molecule has 3 nitrogen and oxygen atoms in total. The monoisotopic (exact) mass is 263 g/mol. The molecule has 0 fully saturated rings. The van der Waals surface area contributed by atoms with E-state index in [1.165, 1.54) is 0 Å². The maximum atomic E-state index is 6.41. The van der Waals surface area contributed by atoms with Crippen LogP contribution in [0.25, 0.3) is 0 Å². The summed E-state index contributed by atoms with van der Waals surface area (Å²) in [6, 6.07) is 7.69. The first kappa shape index (κ1) is 13.1. The standard InChI is InChI=1S/C14H18ClN3/c1-3-18-9-8-17-13(18)10-14(2,16)11-4-6-12(15)7-5-11/h4-9H,3,10,16H2,1-2H3. The first-order chi connectivity index (χ1) is 8.53. The molecule has 96 valence electrons. The van der Waals surface area contributed by atoms with Gasteiger partial charge in [-0.25, -0.2) is 4.98 Å². The third-order valence-electron chi connectivity index (χ3n) is 3.17. The summed E-state index contributed by atoms with van der Waals surface area (Å²) in [5.74, 6) is 1.01. The minimum absolute atomic E-state index is 0.442. The smallest absolute Gasteiger partial charge is 0.110 e. The predicted molar refractivity (Wildman–Crippen MR) is 74.6 cm³/mol. The van der Waals surface area contributed by atoms with Gasteiger partial charge >= 0.3 is 0 Å². The van der Waals surface area contributed by atoms with Crippen molar-refractivity contribution < 1.29 is 0 Å². The van der Waals surface area contributed by atoms with E-state index in [1.807, 2.05) is 43.6 Å². The quantitative estimate of drug-likeness (QED) is 0.922. The van der Waals surface area contributed by atoms with Crippen LogP contribution < -0.4 is 5.73 Å². The second-order valence-electron chi connectivity index (χ2n) is 4.73. The minimum atomic E-state index is -0.442. The highest BCUT2D eigenvalue weighted by atomic mass is 35.5. The molecule has 18 heavy (non-hydrogen) atoms. The van der Waals surface area contributed by atoms with Crippen molar-refractivity contribution in [2.24, 2.45) is 5.73 Å². The molecule has 1 aromatic heterocycles. The molecule has 0 radical (unpaired) electrons. The molecule has 2 N–H and O–H groups in total. The lowest BCUT2D eigenvalue weighted by Gasteiger charge is -2.25. The average molecular weight is 264 g/mol. The highest BCUT2D eigenvalue weighted by molar-refractivity contribution is 6.30. The number of nitrogens with zero attached hydrogens (tertiary/aromatic N) is 2. The van der Waals surface area contributed by atoms with E-state index in [0.717, 1.165) is 23.0 Å². The Morgan fingerprint density at radius 2 is 2.00 bits per heavy atom. The summed E-state index contributed by atoms with van der Waals surface area (Å²) < 4.78 is 2.11. The van der Waals surface area contributed by atoms with Gasteiger partial charge in [-0.2, -0.15) is 0 Å². The van der Waals surface area contributed by atoms with Gasteiger partial charge in [0.05, 0.1) is 0 Å². The van der Waals surface area contributed by atoms with Crippen LogP contribution in [0.2, 0.25) is 5.02 Å². The van der Waals surface area contributed by atoms with Crippen molar-refractivity contribution in [3.8, 4) is 0 Å². The normalized spacial score (nSPS) is 14.4. The van der Waals surface area contributed by atoms with Crippen LogP contribution >= 0.6 is 11.6 Å². The number of aryl methyl sites for hydroxylation is 1. The van der Waals surface area contributed by atoms with Crippen molar-refractivity contribution in [3.63, 3.8) is 0 Å². The first-order valence-electron chi connectivity index (χ1n) is 6.08. The number of benzene rings is 1. The Balaban J connectivity index is 2.23. The van der Waals surface area contributed by atoms with Crippen LogP contribution in [-0.4, -0.2) is 9.55 Å². The Kier molecular flexibility index (Phi) is 3.73. The van der Waals surface area contributed by atoms with Gasteiger partial charge in [-0.05, 0) is 31.5 Å². The molecule has 0 amide bonds. The molecule has 1 heterocycles. The van der Waals surface area contributed by atoms with E-state index in [0.29, 0.717) is 6.42 Å². The second kappa shape index (κ2) is 5.12. The molecule has 2 aromatic rings. The number of nitrogens with two attached hydrogens (primary N) is 1.